The van der Waals surface area contributed by atoms with E-state index < -0.39 is 0 Å². The first kappa shape index (κ1) is 12.7. The van der Waals surface area contributed by atoms with Gasteiger partial charge < -0.3 is 10.6 Å². The number of aromatic nitrogens is 1. The van der Waals surface area contributed by atoms with Gasteiger partial charge in [0.15, 0.2) is 0 Å². The summed E-state index contributed by atoms with van der Waals surface area (Å²) in [7, 11) is 0. The Balaban J connectivity index is 1.77. The number of benzene rings is 1. The largest absolute Gasteiger partial charge is 0.325 e. The van der Waals surface area contributed by atoms with Crippen LogP contribution in [0.3, 0.4) is 0 Å². The van der Waals surface area contributed by atoms with E-state index in [2.05, 4.69) is 15.6 Å². The lowest BCUT2D eigenvalue weighted by molar-refractivity contribution is -0.115. The number of hydrogen-bond acceptors (Lipinski definition) is 4. The van der Waals surface area contributed by atoms with Gasteiger partial charge in [-0.1, -0.05) is 18.2 Å². The number of carbonyl (C=O) groups is 1. The maximum atomic E-state index is 11.7. The van der Waals surface area contributed by atoms with E-state index in [-0.39, 0.29) is 5.91 Å². The fourth-order valence-corrected chi connectivity index (χ4v) is 2.10. The standard InChI is InChI=1S/C13H15N3OS/c1-10-4-2-3-5-12(10)16-13(17)8-14-6-11-7-15-9-18-11/h2-5,7,9,14H,6,8H2,1H3,(H,16,17). The third-order valence-corrected chi connectivity index (χ3v) is 3.27. The van der Waals surface area contributed by atoms with Crippen LogP contribution in [0, 0.1) is 6.92 Å². The highest BCUT2D eigenvalue weighted by Gasteiger charge is 2.03. The molecule has 1 heterocycles. The van der Waals surface area contributed by atoms with Crippen LogP contribution in [0.2, 0.25) is 0 Å². The third-order valence-electron chi connectivity index (χ3n) is 2.49. The molecule has 0 aliphatic rings. The van der Waals surface area contributed by atoms with E-state index in [1.54, 1.807) is 23.0 Å². The van der Waals surface area contributed by atoms with Crippen molar-refractivity contribution in [1.29, 1.82) is 0 Å². The summed E-state index contributed by atoms with van der Waals surface area (Å²) in [5, 5.41) is 5.96. The zero-order chi connectivity index (χ0) is 12.8. The minimum absolute atomic E-state index is 0.0335. The Morgan fingerprint density at radius 1 is 1.39 bits per heavy atom. The minimum Gasteiger partial charge on any atom is -0.325 e. The minimum atomic E-state index is -0.0335. The highest BCUT2D eigenvalue weighted by Crippen LogP contribution is 2.12. The molecular weight excluding hydrogens is 246 g/mol. The van der Waals surface area contributed by atoms with Crippen molar-refractivity contribution in [3.8, 4) is 0 Å². The molecule has 1 aromatic carbocycles. The van der Waals surface area contributed by atoms with Crippen molar-refractivity contribution in [3.05, 3.63) is 46.4 Å². The number of nitrogens with zero attached hydrogens (tertiary/aromatic N) is 1. The molecule has 0 bridgehead atoms. The predicted octanol–water partition coefficient (Wildman–Crippen LogP) is 2.18. The van der Waals surface area contributed by atoms with E-state index >= 15 is 0 Å². The van der Waals surface area contributed by atoms with Crippen molar-refractivity contribution in [3.63, 3.8) is 0 Å². The molecule has 0 aliphatic carbocycles. The number of carbonyl (C=O) groups excluding carboxylic acids is 1. The number of thiazole rings is 1. The highest BCUT2D eigenvalue weighted by molar-refractivity contribution is 7.09. The lowest BCUT2D eigenvalue weighted by atomic mass is 10.2. The molecule has 0 atom stereocenters. The Morgan fingerprint density at radius 3 is 2.94 bits per heavy atom. The van der Waals surface area contributed by atoms with Gasteiger partial charge >= 0.3 is 0 Å². The van der Waals surface area contributed by atoms with Gasteiger partial charge in [-0.25, -0.2) is 0 Å². The quantitative estimate of drug-likeness (QED) is 0.867. The molecular formula is C13H15N3OS. The summed E-state index contributed by atoms with van der Waals surface area (Å²) in [6.07, 6.45) is 1.80. The van der Waals surface area contributed by atoms with Gasteiger partial charge in [0.2, 0.25) is 5.91 Å². The molecule has 1 amide bonds. The smallest absolute Gasteiger partial charge is 0.238 e. The van der Waals surface area contributed by atoms with Crippen LogP contribution < -0.4 is 10.6 Å². The van der Waals surface area contributed by atoms with Crippen LogP contribution in [0.1, 0.15) is 10.4 Å². The zero-order valence-corrected chi connectivity index (χ0v) is 11.0. The van der Waals surface area contributed by atoms with E-state index in [0.29, 0.717) is 13.1 Å². The van der Waals surface area contributed by atoms with Crippen molar-refractivity contribution in [2.45, 2.75) is 13.5 Å². The number of para-hydroxylation sites is 1. The Labute approximate surface area is 110 Å². The van der Waals surface area contributed by atoms with Gasteiger partial charge in [-0.05, 0) is 18.6 Å². The van der Waals surface area contributed by atoms with Crippen molar-refractivity contribution in [1.82, 2.24) is 10.3 Å². The normalized spacial score (nSPS) is 10.3. The molecule has 5 heteroatoms. The molecule has 1 aromatic heterocycles. The highest BCUT2D eigenvalue weighted by atomic mass is 32.1. The van der Waals surface area contributed by atoms with Gasteiger partial charge in [-0.2, -0.15) is 0 Å². The first-order valence-electron chi connectivity index (χ1n) is 5.69. The number of hydrogen-bond donors (Lipinski definition) is 2. The molecule has 2 N–H and O–H groups in total. The molecule has 0 saturated heterocycles. The van der Waals surface area contributed by atoms with Crippen LogP contribution >= 0.6 is 11.3 Å². The van der Waals surface area contributed by atoms with Crippen molar-refractivity contribution in [2.24, 2.45) is 0 Å². The SMILES string of the molecule is Cc1ccccc1NC(=O)CNCc1cncs1. The second kappa shape index (κ2) is 6.28. The second-order valence-corrected chi connectivity index (χ2v) is 4.91. The van der Waals surface area contributed by atoms with Crippen LogP contribution in [0.4, 0.5) is 5.69 Å². The predicted molar refractivity (Wildman–Crippen MR) is 73.6 cm³/mol. The van der Waals surface area contributed by atoms with Gasteiger partial charge in [0.05, 0.1) is 12.1 Å². The second-order valence-electron chi connectivity index (χ2n) is 3.93. The molecule has 0 spiro atoms. The van der Waals surface area contributed by atoms with Crippen LogP contribution in [0.15, 0.2) is 36.0 Å². The first-order valence-corrected chi connectivity index (χ1v) is 6.57. The molecule has 0 saturated carbocycles. The van der Waals surface area contributed by atoms with Crippen molar-refractivity contribution < 1.29 is 4.79 Å². The summed E-state index contributed by atoms with van der Waals surface area (Å²) >= 11 is 1.58. The summed E-state index contributed by atoms with van der Waals surface area (Å²) in [5.41, 5.74) is 3.71. The fourth-order valence-electron chi connectivity index (χ4n) is 1.54. The average Bonchev–Trinajstić information content (AvgIpc) is 2.85. The number of anilines is 1. The van der Waals surface area contributed by atoms with E-state index in [4.69, 9.17) is 0 Å². The van der Waals surface area contributed by atoms with Crippen molar-refractivity contribution >= 4 is 22.9 Å². The monoisotopic (exact) mass is 261 g/mol. The van der Waals surface area contributed by atoms with E-state index in [9.17, 15) is 4.79 Å². The molecule has 0 aliphatic heterocycles. The zero-order valence-electron chi connectivity index (χ0n) is 10.1. The lowest BCUT2D eigenvalue weighted by Crippen LogP contribution is -2.27. The molecule has 2 aromatic rings. The Morgan fingerprint density at radius 2 is 2.22 bits per heavy atom. The third kappa shape index (κ3) is 3.65. The molecule has 0 fully saturated rings. The number of amides is 1. The number of nitrogens with one attached hydrogen (secondary N) is 2. The Kier molecular flexibility index (Phi) is 4.44. The summed E-state index contributed by atoms with van der Waals surface area (Å²) in [6.45, 7) is 2.94. The number of rotatable bonds is 5. The van der Waals surface area contributed by atoms with Crippen LogP contribution in [0.5, 0.6) is 0 Å². The summed E-state index contributed by atoms with van der Waals surface area (Å²) in [5.74, 6) is -0.0335. The summed E-state index contributed by atoms with van der Waals surface area (Å²) in [4.78, 5) is 16.8. The maximum Gasteiger partial charge on any atom is 0.238 e. The van der Waals surface area contributed by atoms with Gasteiger partial charge in [0, 0.05) is 23.3 Å². The van der Waals surface area contributed by atoms with Gasteiger partial charge in [-0.3, -0.25) is 9.78 Å². The van der Waals surface area contributed by atoms with E-state index in [0.717, 1.165) is 16.1 Å². The van der Waals surface area contributed by atoms with Crippen LogP contribution in [-0.4, -0.2) is 17.4 Å². The molecule has 4 nitrogen and oxygen atoms in total. The first-order chi connectivity index (χ1) is 8.75. The molecule has 94 valence electrons. The molecule has 18 heavy (non-hydrogen) atoms. The molecule has 0 unspecified atom stereocenters. The van der Waals surface area contributed by atoms with E-state index in [1.165, 1.54) is 0 Å². The van der Waals surface area contributed by atoms with Crippen LogP contribution in [-0.2, 0) is 11.3 Å². The van der Waals surface area contributed by atoms with Gasteiger partial charge in [0.1, 0.15) is 0 Å². The van der Waals surface area contributed by atoms with Crippen molar-refractivity contribution in [2.75, 3.05) is 11.9 Å². The summed E-state index contributed by atoms with van der Waals surface area (Å²) in [6, 6.07) is 7.73. The average molecular weight is 261 g/mol. The fraction of sp³-hybridized carbons (Fsp3) is 0.231. The molecule has 2 rings (SSSR count). The van der Waals surface area contributed by atoms with Gasteiger partial charge in [-0.15, -0.1) is 11.3 Å². The lowest BCUT2D eigenvalue weighted by Gasteiger charge is -2.08. The van der Waals surface area contributed by atoms with E-state index in [1.807, 2.05) is 31.2 Å². The van der Waals surface area contributed by atoms with Crippen LogP contribution in [0.25, 0.3) is 0 Å². The topological polar surface area (TPSA) is 54.0 Å². The molecule has 0 radical (unpaired) electrons. The maximum absolute atomic E-state index is 11.7. The number of aryl methyl sites for hydroxylation is 1. The Bertz CT molecular complexity index is 511. The summed E-state index contributed by atoms with van der Waals surface area (Å²) < 4.78 is 0. The Hall–Kier alpha value is -1.72. The van der Waals surface area contributed by atoms with Gasteiger partial charge in [0.25, 0.3) is 0 Å².